The van der Waals surface area contributed by atoms with Crippen LogP contribution in [0.25, 0.3) is 0 Å². The van der Waals surface area contributed by atoms with Gasteiger partial charge in [-0.25, -0.2) is 8.42 Å². The van der Waals surface area contributed by atoms with Crippen molar-refractivity contribution in [2.45, 2.75) is 29.5 Å². The Kier molecular flexibility index (Phi) is 6.97. The monoisotopic (exact) mass is 496 g/mol. The van der Waals surface area contributed by atoms with Crippen molar-refractivity contribution in [2.24, 2.45) is 0 Å². The highest BCUT2D eigenvalue weighted by Gasteiger charge is 2.27. The molecular formula is C21H21ClN2O6S2. The number of halogens is 1. The minimum absolute atomic E-state index is 0.0366. The van der Waals surface area contributed by atoms with Crippen molar-refractivity contribution in [1.29, 1.82) is 0 Å². The van der Waals surface area contributed by atoms with E-state index in [1.165, 1.54) is 26.4 Å². The lowest BCUT2D eigenvalue weighted by molar-refractivity contribution is -0.116. The summed E-state index contributed by atoms with van der Waals surface area (Å²) >= 11 is 6.74. The van der Waals surface area contributed by atoms with Gasteiger partial charge in [0.05, 0.1) is 24.2 Å². The van der Waals surface area contributed by atoms with Crippen LogP contribution >= 0.6 is 22.9 Å². The van der Waals surface area contributed by atoms with Crippen molar-refractivity contribution in [3.8, 4) is 11.5 Å². The molecule has 11 heteroatoms. The van der Waals surface area contributed by atoms with E-state index in [1.54, 1.807) is 38.1 Å². The van der Waals surface area contributed by atoms with Crippen LogP contribution in [0, 0.1) is 13.8 Å². The maximum absolute atomic E-state index is 13.2. The highest BCUT2D eigenvalue weighted by molar-refractivity contribution is 7.93. The molecule has 0 aliphatic heterocycles. The Labute approximate surface area is 194 Å². The van der Waals surface area contributed by atoms with Gasteiger partial charge in [0.25, 0.3) is 5.56 Å². The number of pyridine rings is 1. The van der Waals surface area contributed by atoms with Crippen LogP contribution in [0.1, 0.15) is 11.3 Å². The Morgan fingerprint density at radius 2 is 1.84 bits per heavy atom. The summed E-state index contributed by atoms with van der Waals surface area (Å²) in [5, 5.41) is 2.68. The average molecular weight is 497 g/mol. The predicted octanol–water partition coefficient (Wildman–Crippen LogP) is 3.67. The average Bonchev–Trinajstić information content (AvgIpc) is 3.18. The number of nitrogens with one attached hydrogen (secondary N) is 1. The number of anilines is 1. The van der Waals surface area contributed by atoms with Crippen molar-refractivity contribution in [1.82, 2.24) is 4.57 Å². The molecule has 3 aromatic rings. The van der Waals surface area contributed by atoms with E-state index in [-0.39, 0.29) is 15.6 Å². The van der Waals surface area contributed by atoms with Crippen LogP contribution in [0.5, 0.6) is 11.5 Å². The van der Waals surface area contributed by atoms with Crippen molar-refractivity contribution in [3.05, 3.63) is 62.3 Å². The van der Waals surface area contributed by atoms with Crippen LogP contribution in [0.4, 0.5) is 5.69 Å². The Morgan fingerprint density at radius 1 is 1.12 bits per heavy atom. The quantitative estimate of drug-likeness (QED) is 0.535. The number of carbonyl (C=O) groups excluding carboxylic acids is 1. The first-order valence-electron chi connectivity index (χ1n) is 9.31. The Hall–Kier alpha value is -2.82. The van der Waals surface area contributed by atoms with Crippen molar-refractivity contribution in [2.75, 3.05) is 19.5 Å². The maximum Gasteiger partial charge on any atom is 0.270 e. The number of sulfone groups is 1. The van der Waals surface area contributed by atoms with Gasteiger partial charge in [0, 0.05) is 11.8 Å². The summed E-state index contributed by atoms with van der Waals surface area (Å²) in [5.41, 5.74) is 0.360. The Bertz CT molecular complexity index is 1340. The molecule has 1 aromatic carbocycles. The fraction of sp³-hybridized carbons (Fsp3) is 0.238. The molecule has 0 spiro atoms. The van der Waals surface area contributed by atoms with E-state index in [0.29, 0.717) is 32.8 Å². The highest BCUT2D eigenvalue weighted by Crippen LogP contribution is 2.31. The molecule has 0 radical (unpaired) electrons. The van der Waals surface area contributed by atoms with Gasteiger partial charge in [0.2, 0.25) is 15.7 Å². The number of hydrogen-bond acceptors (Lipinski definition) is 7. The van der Waals surface area contributed by atoms with Gasteiger partial charge in [-0.2, -0.15) is 0 Å². The molecule has 0 fully saturated rings. The third-order valence-electron chi connectivity index (χ3n) is 4.72. The minimum atomic E-state index is -4.10. The number of nitrogens with zero attached hydrogens (tertiary/aromatic N) is 1. The van der Waals surface area contributed by atoms with E-state index in [2.05, 4.69) is 5.32 Å². The molecule has 3 rings (SSSR count). The maximum atomic E-state index is 13.2. The molecule has 0 unspecified atom stereocenters. The van der Waals surface area contributed by atoms with Crippen LogP contribution in [-0.2, 0) is 21.2 Å². The largest absolute Gasteiger partial charge is 0.497 e. The molecule has 1 N–H and O–H groups in total. The van der Waals surface area contributed by atoms with E-state index >= 15 is 0 Å². The van der Waals surface area contributed by atoms with Crippen LogP contribution < -0.4 is 20.3 Å². The molecule has 0 aliphatic rings. The molecule has 8 nitrogen and oxygen atoms in total. The van der Waals surface area contributed by atoms with Crippen molar-refractivity contribution >= 4 is 44.4 Å². The molecule has 1 amide bonds. The lowest BCUT2D eigenvalue weighted by atomic mass is 10.2. The number of aryl methyl sites for hydroxylation is 2. The standard InChI is InChI=1S/C21H21ClN2O6S2/c1-12-9-13(2)24(21(26)20(12)32(27,28)19-8-7-17(22)31-19)11-18(25)23-15-6-5-14(29-3)10-16(15)30-4/h5-10H,11H2,1-4H3,(H,23,25). The topological polar surface area (TPSA) is 104 Å². The normalized spacial score (nSPS) is 11.3. The van der Waals surface area contributed by atoms with Gasteiger partial charge in [-0.05, 0) is 49.7 Å². The number of methoxy groups -OCH3 is 2. The fourth-order valence-electron chi connectivity index (χ4n) is 3.21. The number of amides is 1. The van der Waals surface area contributed by atoms with Gasteiger partial charge in [0.1, 0.15) is 27.1 Å². The second kappa shape index (κ2) is 9.35. The minimum Gasteiger partial charge on any atom is -0.497 e. The summed E-state index contributed by atoms with van der Waals surface area (Å²) in [4.78, 5) is 25.5. The summed E-state index contributed by atoms with van der Waals surface area (Å²) in [5.74, 6) is 0.405. The molecule has 32 heavy (non-hydrogen) atoms. The zero-order chi connectivity index (χ0) is 23.6. The first-order valence-corrected chi connectivity index (χ1v) is 12.0. The molecule has 2 heterocycles. The second-order valence-electron chi connectivity index (χ2n) is 6.87. The Balaban J connectivity index is 1.97. The summed E-state index contributed by atoms with van der Waals surface area (Å²) in [7, 11) is -1.14. The van der Waals surface area contributed by atoms with Crippen LogP contribution in [-0.4, -0.2) is 33.1 Å². The zero-order valence-electron chi connectivity index (χ0n) is 17.8. The van der Waals surface area contributed by atoms with Crippen LogP contribution in [0.15, 0.2) is 50.3 Å². The van der Waals surface area contributed by atoms with E-state index in [4.69, 9.17) is 21.1 Å². The van der Waals surface area contributed by atoms with Gasteiger partial charge < -0.3 is 19.4 Å². The number of rotatable bonds is 7. The van der Waals surface area contributed by atoms with E-state index < -0.39 is 21.3 Å². The summed E-state index contributed by atoms with van der Waals surface area (Å²) in [6, 6.07) is 9.24. The molecule has 2 aromatic heterocycles. The highest BCUT2D eigenvalue weighted by atomic mass is 35.5. The van der Waals surface area contributed by atoms with Gasteiger partial charge in [0.15, 0.2) is 0 Å². The summed E-state index contributed by atoms with van der Waals surface area (Å²) in [6.45, 7) is 2.80. The zero-order valence-corrected chi connectivity index (χ0v) is 20.2. The third-order valence-corrected chi connectivity index (χ3v) is 8.35. The van der Waals surface area contributed by atoms with Gasteiger partial charge in [-0.1, -0.05) is 11.6 Å². The van der Waals surface area contributed by atoms with Crippen molar-refractivity contribution in [3.63, 3.8) is 0 Å². The van der Waals surface area contributed by atoms with Gasteiger partial charge >= 0.3 is 0 Å². The van der Waals surface area contributed by atoms with E-state index in [9.17, 15) is 18.0 Å². The molecule has 170 valence electrons. The number of aromatic nitrogens is 1. The molecule has 0 saturated heterocycles. The van der Waals surface area contributed by atoms with E-state index in [1.807, 2.05) is 0 Å². The fourth-order valence-corrected chi connectivity index (χ4v) is 6.35. The smallest absolute Gasteiger partial charge is 0.270 e. The van der Waals surface area contributed by atoms with E-state index in [0.717, 1.165) is 15.9 Å². The molecule has 0 aliphatic carbocycles. The van der Waals surface area contributed by atoms with Gasteiger partial charge in [-0.3, -0.25) is 9.59 Å². The van der Waals surface area contributed by atoms with Crippen LogP contribution in [0.2, 0.25) is 4.34 Å². The number of ether oxygens (including phenoxy) is 2. The molecule has 0 atom stereocenters. The predicted molar refractivity (Wildman–Crippen MR) is 123 cm³/mol. The number of hydrogen-bond donors (Lipinski definition) is 1. The third kappa shape index (κ3) is 4.67. The second-order valence-corrected chi connectivity index (χ2v) is 10.7. The lowest BCUT2D eigenvalue weighted by Crippen LogP contribution is -2.33. The SMILES string of the molecule is COc1ccc(NC(=O)Cn2c(C)cc(C)c(S(=O)(=O)c3ccc(Cl)s3)c2=O)c(OC)c1. The number of carbonyl (C=O) groups is 1. The molecular weight excluding hydrogens is 476 g/mol. The van der Waals surface area contributed by atoms with Crippen LogP contribution in [0.3, 0.4) is 0 Å². The first kappa shape index (κ1) is 23.8. The molecule has 0 saturated carbocycles. The Morgan fingerprint density at radius 3 is 2.44 bits per heavy atom. The molecule has 0 bridgehead atoms. The number of benzene rings is 1. The lowest BCUT2D eigenvalue weighted by Gasteiger charge is -2.15. The van der Waals surface area contributed by atoms with Gasteiger partial charge in [-0.15, -0.1) is 11.3 Å². The first-order chi connectivity index (χ1) is 15.1. The van der Waals surface area contributed by atoms with Crippen molar-refractivity contribution < 1.29 is 22.7 Å². The summed E-state index contributed by atoms with van der Waals surface area (Å²) < 4.78 is 37.9. The summed E-state index contributed by atoms with van der Waals surface area (Å²) in [6.07, 6.45) is 0. The number of thiophene rings is 1.